The Hall–Kier alpha value is -0.390. The van der Waals surface area contributed by atoms with E-state index in [9.17, 15) is 9.90 Å². The summed E-state index contributed by atoms with van der Waals surface area (Å²) >= 11 is 4.83. The third kappa shape index (κ3) is 3.53. The van der Waals surface area contributed by atoms with Gasteiger partial charge in [0.1, 0.15) is 0 Å². The van der Waals surface area contributed by atoms with E-state index < -0.39 is 6.10 Å². The normalized spacial score (nSPS) is 25.3. The second kappa shape index (κ2) is 5.98. The van der Waals surface area contributed by atoms with Gasteiger partial charge in [-0.3, -0.25) is 4.79 Å². The van der Waals surface area contributed by atoms with E-state index in [1.165, 1.54) is 11.3 Å². The number of hydrogen-bond donors (Lipinski definition) is 2. The van der Waals surface area contributed by atoms with Crippen LogP contribution in [-0.4, -0.2) is 23.2 Å². The van der Waals surface area contributed by atoms with Crippen LogP contribution in [0.25, 0.3) is 0 Å². The quantitative estimate of drug-likeness (QED) is 0.824. The number of carbonyl (C=O) groups is 1. The third-order valence-corrected chi connectivity index (χ3v) is 4.63. The molecule has 2 rings (SSSR count). The van der Waals surface area contributed by atoms with E-state index in [4.69, 9.17) is 0 Å². The SMILES string of the molecule is O=C(NC1CCCCCC1O)c1csc(Br)c1. The molecule has 2 N–H and O–H groups in total. The second-order valence-electron chi connectivity index (χ2n) is 4.42. The Morgan fingerprint density at radius 2 is 2.18 bits per heavy atom. The van der Waals surface area contributed by atoms with Gasteiger partial charge in [-0.25, -0.2) is 0 Å². The zero-order valence-corrected chi connectivity index (χ0v) is 11.9. The van der Waals surface area contributed by atoms with Crippen molar-refractivity contribution < 1.29 is 9.90 Å². The summed E-state index contributed by atoms with van der Waals surface area (Å²) in [5.41, 5.74) is 0.665. The van der Waals surface area contributed by atoms with Crippen molar-refractivity contribution in [2.24, 2.45) is 0 Å². The lowest BCUT2D eigenvalue weighted by Crippen LogP contribution is -2.42. The van der Waals surface area contributed by atoms with Gasteiger partial charge in [0.25, 0.3) is 5.91 Å². The summed E-state index contributed by atoms with van der Waals surface area (Å²) in [5.74, 6) is -0.0853. The van der Waals surface area contributed by atoms with Crippen molar-refractivity contribution in [1.82, 2.24) is 5.32 Å². The van der Waals surface area contributed by atoms with Gasteiger partial charge in [0.05, 0.1) is 21.5 Å². The molecular weight excluding hydrogens is 302 g/mol. The van der Waals surface area contributed by atoms with Gasteiger partial charge >= 0.3 is 0 Å². The highest BCUT2D eigenvalue weighted by Gasteiger charge is 2.23. The van der Waals surface area contributed by atoms with Crippen LogP contribution in [0.15, 0.2) is 15.2 Å². The monoisotopic (exact) mass is 317 g/mol. The van der Waals surface area contributed by atoms with Crippen LogP contribution in [0.3, 0.4) is 0 Å². The topological polar surface area (TPSA) is 49.3 Å². The number of halogens is 1. The third-order valence-electron chi connectivity index (χ3n) is 3.13. The van der Waals surface area contributed by atoms with Gasteiger partial charge in [-0.05, 0) is 34.8 Å². The minimum Gasteiger partial charge on any atom is -0.391 e. The van der Waals surface area contributed by atoms with E-state index in [-0.39, 0.29) is 11.9 Å². The molecule has 0 aromatic carbocycles. The zero-order valence-electron chi connectivity index (χ0n) is 9.49. The van der Waals surface area contributed by atoms with E-state index >= 15 is 0 Å². The number of thiophene rings is 1. The minimum absolute atomic E-state index is 0.0853. The summed E-state index contributed by atoms with van der Waals surface area (Å²) in [6.45, 7) is 0. The predicted octanol–water partition coefficient (Wildman–Crippen LogP) is 2.93. The largest absolute Gasteiger partial charge is 0.391 e. The maximum Gasteiger partial charge on any atom is 0.252 e. The first-order valence-corrected chi connectivity index (χ1v) is 7.57. The molecule has 0 bridgehead atoms. The molecule has 94 valence electrons. The van der Waals surface area contributed by atoms with Crippen LogP contribution in [0.5, 0.6) is 0 Å². The fourth-order valence-corrected chi connectivity index (χ4v) is 3.27. The van der Waals surface area contributed by atoms with Crippen molar-refractivity contribution in [1.29, 1.82) is 0 Å². The van der Waals surface area contributed by atoms with Crippen LogP contribution in [0, 0.1) is 0 Å². The molecule has 2 unspecified atom stereocenters. The van der Waals surface area contributed by atoms with Crippen molar-refractivity contribution in [2.75, 3.05) is 0 Å². The van der Waals surface area contributed by atoms with Crippen molar-refractivity contribution in [3.8, 4) is 0 Å². The molecule has 1 aromatic rings. The fourth-order valence-electron chi connectivity index (χ4n) is 2.14. The van der Waals surface area contributed by atoms with Gasteiger partial charge in [0.15, 0.2) is 0 Å². The van der Waals surface area contributed by atoms with E-state index in [0.29, 0.717) is 5.56 Å². The maximum atomic E-state index is 11.9. The molecule has 2 atom stereocenters. The molecule has 0 spiro atoms. The summed E-state index contributed by atoms with van der Waals surface area (Å²) in [5, 5.41) is 14.7. The minimum atomic E-state index is -0.400. The molecule has 1 saturated carbocycles. The van der Waals surface area contributed by atoms with Gasteiger partial charge in [-0.15, -0.1) is 11.3 Å². The van der Waals surface area contributed by atoms with Crippen molar-refractivity contribution in [3.63, 3.8) is 0 Å². The number of aliphatic hydroxyl groups is 1. The lowest BCUT2D eigenvalue weighted by atomic mass is 10.1. The maximum absolute atomic E-state index is 11.9. The lowest BCUT2D eigenvalue weighted by Gasteiger charge is -2.21. The lowest BCUT2D eigenvalue weighted by molar-refractivity contribution is 0.0819. The molecule has 0 radical (unpaired) electrons. The number of amides is 1. The highest BCUT2D eigenvalue weighted by Crippen LogP contribution is 2.22. The number of carbonyl (C=O) groups excluding carboxylic acids is 1. The summed E-state index contributed by atoms with van der Waals surface area (Å²) < 4.78 is 0.948. The Kier molecular flexibility index (Phi) is 4.59. The molecule has 0 aliphatic heterocycles. The van der Waals surface area contributed by atoms with Gasteiger partial charge < -0.3 is 10.4 Å². The van der Waals surface area contributed by atoms with Crippen LogP contribution in [0.4, 0.5) is 0 Å². The Labute approximate surface area is 113 Å². The number of rotatable bonds is 2. The highest BCUT2D eigenvalue weighted by molar-refractivity contribution is 9.11. The first-order chi connectivity index (χ1) is 8.16. The van der Waals surface area contributed by atoms with Crippen molar-refractivity contribution in [3.05, 3.63) is 20.8 Å². The van der Waals surface area contributed by atoms with Gasteiger partial charge in [-0.2, -0.15) is 0 Å². The van der Waals surface area contributed by atoms with Crippen LogP contribution < -0.4 is 5.32 Å². The summed E-state index contributed by atoms with van der Waals surface area (Å²) in [6.07, 6.45) is 4.54. The van der Waals surface area contributed by atoms with Crippen molar-refractivity contribution >= 4 is 33.2 Å². The van der Waals surface area contributed by atoms with Gasteiger partial charge in [-0.1, -0.05) is 19.3 Å². The van der Waals surface area contributed by atoms with Crippen molar-refractivity contribution in [2.45, 2.75) is 44.2 Å². The fraction of sp³-hybridized carbons (Fsp3) is 0.583. The Morgan fingerprint density at radius 1 is 1.41 bits per heavy atom. The zero-order chi connectivity index (χ0) is 12.3. The molecule has 1 aliphatic carbocycles. The molecule has 5 heteroatoms. The standard InChI is InChI=1S/C12H16BrNO2S/c13-11-6-8(7-17-11)12(16)14-9-4-2-1-3-5-10(9)15/h6-7,9-10,15H,1-5H2,(H,14,16). The average molecular weight is 318 g/mol. The number of nitrogens with one attached hydrogen (secondary N) is 1. The molecular formula is C12H16BrNO2S. The van der Waals surface area contributed by atoms with E-state index in [2.05, 4.69) is 21.2 Å². The molecule has 1 fully saturated rings. The van der Waals surface area contributed by atoms with Crippen LogP contribution in [-0.2, 0) is 0 Å². The molecule has 17 heavy (non-hydrogen) atoms. The average Bonchev–Trinajstić information content (AvgIpc) is 2.63. The van der Waals surface area contributed by atoms with Gasteiger partial charge in [0, 0.05) is 5.38 Å². The van der Waals surface area contributed by atoms with Crippen LogP contribution in [0.1, 0.15) is 42.5 Å². The first-order valence-electron chi connectivity index (χ1n) is 5.90. The Morgan fingerprint density at radius 3 is 2.88 bits per heavy atom. The summed E-state index contributed by atoms with van der Waals surface area (Å²) in [4.78, 5) is 11.9. The van der Waals surface area contributed by atoms with E-state index in [1.54, 1.807) is 0 Å². The Balaban J connectivity index is 1.97. The van der Waals surface area contributed by atoms with Crippen LogP contribution >= 0.6 is 27.3 Å². The predicted molar refractivity (Wildman–Crippen MR) is 72.4 cm³/mol. The molecule has 1 heterocycles. The molecule has 1 aromatic heterocycles. The van der Waals surface area contributed by atoms with E-state index in [1.807, 2.05) is 11.4 Å². The van der Waals surface area contributed by atoms with E-state index in [0.717, 1.165) is 35.9 Å². The van der Waals surface area contributed by atoms with Crippen LogP contribution in [0.2, 0.25) is 0 Å². The van der Waals surface area contributed by atoms with Gasteiger partial charge in [0.2, 0.25) is 0 Å². The summed E-state index contributed by atoms with van der Waals surface area (Å²) in [7, 11) is 0. The highest BCUT2D eigenvalue weighted by atomic mass is 79.9. The molecule has 1 aliphatic rings. The number of aliphatic hydroxyl groups excluding tert-OH is 1. The number of hydrogen-bond acceptors (Lipinski definition) is 3. The second-order valence-corrected chi connectivity index (χ2v) is 6.72. The Bertz CT molecular complexity index is 394. The molecule has 1 amide bonds. The summed E-state index contributed by atoms with van der Waals surface area (Å²) in [6, 6.07) is 1.71. The molecule has 0 saturated heterocycles. The molecule has 3 nitrogen and oxygen atoms in total. The first kappa shape index (κ1) is 13.1. The smallest absolute Gasteiger partial charge is 0.252 e.